The second-order valence-electron chi connectivity index (χ2n) is 5.58. The van der Waals surface area contributed by atoms with Gasteiger partial charge < -0.3 is 10.2 Å². The average Bonchev–Trinajstić information content (AvgIpc) is 2.52. The normalized spacial score (nSPS) is 13.8. The molecule has 0 radical (unpaired) electrons. The number of carboxylic acid groups (broad SMARTS) is 1. The Morgan fingerprint density at radius 3 is 2.43 bits per heavy atom. The van der Waals surface area contributed by atoms with Gasteiger partial charge in [-0.3, -0.25) is 4.79 Å². The summed E-state index contributed by atoms with van der Waals surface area (Å²) in [6.45, 7) is 2.21. The van der Waals surface area contributed by atoms with Gasteiger partial charge in [-0.25, -0.2) is 0 Å². The van der Waals surface area contributed by atoms with Crippen LogP contribution >= 0.6 is 0 Å². The van der Waals surface area contributed by atoms with Crippen LogP contribution in [0.15, 0.2) is 48.6 Å². The number of hydrogen-bond acceptors (Lipinski definition) is 2. The zero-order chi connectivity index (χ0) is 17.2. The minimum Gasteiger partial charge on any atom is -0.481 e. The van der Waals surface area contributed by atoms with Crippen LogP contribution in [-0.4, -0.2) is 22.3 Å². The lowest BCUT2D eigenvalue weighted by molar-refractivity contribution is -0.137. The molecule has 0 unspecified atom stereocenters. The highest BCUT2D eigenvalue weighted by Crippen LogP contribution is 2.02. The standard InChI is InChI=1S/C20H32O3/c1-2-3-4-5-6-7-8-10-13-16-19(21)17-14-11-9-12-15-18-20(22)23/h6-7,9-11,13-14,17,19,21H,2-5,8,12,15-16,18H2,1H3,(H,22,23)/b7-6-,11-9-,13-10-,17-14+/t19-/m1/s1. The molecule has 1 atom stereocenters. The molecule has 2 N–H and O–H groups in total. The number of aliphatic hydroxyl groups excluding tert-OH is 1. The molecule has 0 aliphatic carbocycles. The van der Waals surface area contributed by atoms with Gasteiger partial charge in [0.25, 0.3) is 0 Å². The maximum absolute atomic E-state index is 10.3. The molecule has 0 bridgehead atoms. The van der Waals surface area contributed by atoms with Crippen molar-refractivity contribution >= 4 is 5.97 Å². The first-order valence-corrected chi connectivity index (χ1v) is 8.70. The molecule has 130 valence electrons. The van der Waals surface area contributed by atoms with E-state index in [1.54, 1.807) is 6.08 Å². The highest BCUT2D eigenvalue weighted by Gasteiger charge is 1.94. The lowest BCUT2D eigenvalue weighted by Crippen LogP contribution is -1.98. The topological polar surface area (TPSA) is 57.5 Å². The first-order chi connectivity index (χ1) is 11.2. The minimum atomic E-state index is -0.757. The Morgan fingerprint density at radius 2 is 1.70 bits per heavy atom. The summed E-state index contributed by atoms with van der Waals surface area (Å²) in [6, 6.07) is 0. The second-order valence-corrected chi connectivity index (χ2v) is 5.58. The van der Waals surface area contributed by atoms with Crippen molar-refractivity contribution in [3.05, 3.63) is 48.6 Å². The van der Waals surface area contributed by atoms with Crippen molar-refractivity contribution in [3.63, 3.8) is 0 Å². The molecule has 0 aromatic carbocycles. The number of allylic oxidation sites excluding steroid dienone is 6. The van der Waals surface area contributed by atoms with Crippen LogP contribution in [0.1, 0.15) is 64.7 Å². The number of aliphatic carboxylic acids is 1. The number of carbonyl (C=O) groups is 1. The Morgan fingerprint density at radius 1 is 0.957 bits per heavy atom. The van der Waals surface area contributed by atoms with E-state index in [-0.39, 0.29) is 6.42 Å². The van der Waals surface area contributed by atoms with E-state index >= 15 is 0 Å². The van der Waals surface area contributed by atoms with Crippen LogP contribution in [0, 0.1) is 0 Å². The number of hydrogen-bond donors (Lipinski definition) is 2. The molecule has 0 heterocycles. The summed E-state index contributed by atoms with van der Waals surface area (Å²) < 4.78 is 0. The molecule has 0 rings (SSSR count). The fourth-order valence-corrected chi connectivity index (χ4v) is 1.95. The largest absolute Gasteiger partial charge is 0.481 e. The smallest absolute Gasteiger partial charge is 0.303 e. The van der Waals surface area contributed by atoms with Crippen molar-refractivity contribution in [2.75, 3.05) is 0 Å². The maximum Gasteiger partial charge on any atom is 0.303 e. The molecule has 0 fully saturated rings. The molecule has 0 aliphatic rings. The third-order valence-electron chi connectivity index (χ3n) is 3.30. The number of aliphatic hydroxyl groups is 1. The van der Waals surface area contributed by atoms with E-state index in [2.05, 4.69) is 25.2 Å². The van der Waals surface area contributed by atoms with E-state index in [1.807, 2.05) is 24.3 Å². The molecular weight excluding hydrogens is 288 g/mol. The fourth-order valence-electron chi connectivity index (χ4n) is 1.95. The highest BCUT2D eigenvalue weighted by atomic mass is 16.4. The molecular formula is C20H32O3. The lowest BCUT2D eigenvalue weighted by atomic mass is 10.2. The molecule has 0 saturated heterocycles. The summed E-state index contributed by atoms with van der Waals surface area (Å²) >= 11 is 0. The molecule has 0 aromatic heterocycles. The third kappa shape index (κ3) is 18.3. The van der Waals surface area contributed by atoms with Gasteiger partial charge in [-0.2, -0.15) is 0 Å². The van der Waals surface area contributed by atoms with E-state index < -0.39 is 12.1 Å². The minimum absolute atomic E-state index is 0.203. The summed E-state index contributed by atoms with van der Waals surface area (Å²) in [4.78, 5) is 10.3. The summed E-state index contributed by atoms with van der Waals surface area (Å²) in [5.41, 5.74) is 0. The van der Waals surface area contributed by atoms with E-state index in [9.17, 15) is 9.90 Å². The van der Waals surface area contributed by atoms with Gasteiger partial charge in [-0.05, 0) is 38.5 Å². The summed E-state index contributed by atoms with van der Waals surface area (Å²) in [5, 5.41) is 18.2. The van der Waals surface area contributed by atoms with Gasteiger partial charge in [0, 0.05) is 6.42 Å². The molecule has 3 heteroatoms. The zero-order valence-electron chi connectivity index (χ0n) is 14.4. The Kier molecular flexibility index (Phi) is 15.6. The van der Waals surface area contributed by atoms with Gasteiger partial charge in [-0.1, -0.05) is 68.4 Å². The van der Waals surface area contributed by atoms with E-state index in [4.69, 9.17) is 5.11 Å². The van der Waals surface area contributed by atoms with Gasteiger partial charge in [0.15, 0.2) is 0 Å². The van der Waals surface area contributed by atoms with Crippen LogP contribution < -0.4 is 0 Å². The predicted molar refractivity (Wildman–Crippen MR) is 97.4 cm³/mol. The van der Waals surface area contributed by atoms with Crippen molar-refractivity contribution in [1.29, 1.82) is 0 Å². The Hall–Kier alpha value is -1.61. The molecule has 0 aliphatic heterocycles. The van der Waals surface area contributed by atoms with Crippen molar-refractivity contribution in [2.45, 2.75) is 70.8 Å². The maximum atomic E-state index is 10.3. The van der Waals surface area contributed by atoms with Crippen LogP contribution in [0.5, 0.6) is 0 Å². The number of rotatable bonds is 14. The predicted octanol–water partition coefficient (Wildman–Crippen LogP) is 5.19. The molecule has 0 saturated carbocycles. The Bertz CT molecular complexity index is 392. The van der Waals surface area contributed by atoms with Crippen molar-refractivity contribution in [1.82, 2.24) is 0 Å². The highest BCUT2D eigenvalue weighted by molar-refractivity contribution is 5.66. The summed E-state index contributed by atoms with van der Waals surface area (Å²) in [6.07, 6.45) is 23.5. The molecule has 0 aromatic rings. The van der Waals surface area contributed by atoms with E-state index in [0.717, 1.165) is 19.3 Å². The first-order valence-electron chi connectivity index (χ1n) is 8.70. The van der Waals surface area contributed by atoms with Crippen molar-refractivity contribution in [3.8, 4) is 0 Å². The van der Waals surface area contributed by atoms with Gasteiger partial charge in [-0.15, -0.1) is 0 Å². The van der Waals surface area contributed by atoms with Gasteiger partial charge in [0.05, 0.1) is 6.10 Å². The molecule has 3 nitrogen and oxygen atoms in total. The number of carboxylic acids is 1. The van der Waals surface area contributed by atoms with Crippen LogP contribution in [0.25, 0.3) is 0 Å². The third-order valence-corrected chi connectivity index (χ3v) is 3.30. The molecule has 0 spiro atoms. The summed E-state index contributed by atoms with van der Waals surface area (Å²) in [7, 11) is 0. The van der Waals surface area contributed by atoms with Gasteiger partial charge in [0.2, 0.25) is 0 Å². The Labute approximate surface area is 141 Å². The van der Waals surface area contributed by atoms with Gasteiger partial charge in [0.1, 0.15) is 0 Å². The lowest BCUT2D eigenvalue weighted by Gasteiger charge is -1.98. The Balaban J connectivity index is 3.62. The second kappa shape index (κ2) is 16.8. The van der Waals surface area contributed by atoms with E-state index in [1.165, 1.54) is 19.3 Å². The van der Waals surface area contributed by atoms with Crippen molar-refractivity contribution < 1.29 is 15.0 Å². The fraction of sp³-hybridized carbons (Fsp3) is 0.550. The summed E-state index contributed by atoms with van der Waals surface area (Å²) in [5.74, 6) is -0.757. The first kappa shape index (κ1) is 21.4. The van der Waals surface area contributed by atoms with Gasteiger partial charge >= 0.3 is 5.97 Å². The van der Waals surface area contributed by atoms with Crippen LogP contribution in [0.2, 0.25) is 0 Å². The average molecular weight is 320 g/mol. The van der Waals surface area contributed by atoms with Crippen molar-refractivity contribution in [2.24, 2.45) is 0 Å². The van der Waals surface area contributed by atoms with E-state index in [0.29, 0.717) is 12.8 Å². The van der Waals surface area contributed by atoms with Crippen LogP contribution in [0.4, 0.5) is 0 Å². The molecule has 23 heavy (non-hydrogen) atoms. The van der Waals surface area contributed by atoms with Crippen LogP contribution in [-0.2, 0) is 4.79 Å². The SMILES string of the molecule is CCCCC/C=C\C/C=C\C[C@@H](O)/C=C/C=C\CCCC(=O)O. The quantitative estimate of drug-likeness (QED) is 0.263. The zero-order valence-corrected chi connectivity index (χ0v) is 14.4. The van der Waals surface area contributed by atoms with Crippen LogP contribution in [0.3, 0.4) is 0 Å². The molecule has 0 amide bonds. The monoisotopic (exact) mass is 320 g/mol. The number of unbranched alkanes of at least 4 members (excludes halogenated alkanes) is 4.